The number of rotatable bonds is 7. The fraction of sp³-hybridized carbons (Fsp3) is 0.667. The van der Waals surface area contributed by atoms with Crippen molar-refractivity contribution >= 4 is 23.6 Å². The van der Waals surface area contributed by atoms with Crippen molar-refractivity contribution in [3.63, 3.8) is 0 Å². The van der Waals surface area contributed by atoms with Gasteiger partial charge in [0.1, 0.15) is 11.5 Å². The number of aromatic nitrogens is 1. The molecule has 0 bridgehead atoms. The molecule has 0 aliphatic heterocycles. The van der Waals surface area contributed by atoms with Crippen LogP contribution in [0.25, 0.3) is 0 Å². The lowest BCUT2D eigenvalue weighted by Gasteiger charge is -2.37. The van der Waals surface area contributed by atoms with Crippen LogP contribution in [0.15, 0.2) is 9.42 Å². The first kappa shape index (κ1) is 16.2. The van der Waals surface area contributed by atoms with Crippen molar-refractivity contribution < 1.29 is 18.8 Å². The van der Waals surface area contributed by atoms with E-state index in [1.54, 1.807) is 0 Å². The molecular formula is C15H21N3O4S. The first-order chi connectivity index (χ1) is 11.0. The zero-order valence-corrected chi connectivity index (χ0v) is 13.7. The van der Waals surface area contributed by atoms with Gasteiger partial charge in [-0.05, 0) is 30.8 Å². The summed E-state index contributed by atoms with van der Waals surface area (Å²) in [6.07, 6.45) is 6.91. The number of hydrogen-bond donors (Lipinski definition) is 2. The number of carbonyl (C=O) groups excluding carboxylic acids is 2. The Labute approximate surface area is 138 Å². The van der Waals surface area contributed by atoms with E-state index in [4.69, 9.17) is 20.7 Å². The van der Waals surface area contributed by atoms with Gasteiger partial charge in [-0.1, -0.05) is 19.3 Å². The predicted octanol–water partition coefficient (Wildman–Crippen LogP) is 1.84. The van der Waals surface area contributed by atoms with Gasteiger partial charge in [-0.2, -0.15) is 0 Å². The molecule has 1 heterocycles. The fourth-order valence-corrected chi connectivity index (χ4v) is 4.41. The molecule has 2 fully saturated rings. The normalized spacial score (nSPS) is 20.2. The van der Waals surface area contributed by atoms with Crippen molar-refractivity contribution in [1.29, 1.82) is 0 Å². The van der Waals surface area contributed by atoms with Crippen LogP contribution in [0.5, 0.6) is 5.88 Å². The number of thioether (sulfide) groups is 1. The van der Waals surface area contributed by atoms with Crippen molar-refractivity contribution in [3.8, 4) is 5.88 Å². The molecule has 1 aromatic rings. The third-order valence-electron chi connectivity index (χ3n) is 4.75. The number of amides is 2. The number of ether oxygens (including phenoxy) is 1. The second kappa shape index (κ2) is 6.43. The molecule has 126 valence electrons. The molecule has 2 aliphatic rings. The molecule has 0 atom stereocenters. The number of hydrogen-bond acceptors (Lipinski definition) is 6. The third-order valence-corrected chi connectivity index (χ3v) is 6.15. The quantitative estimate of drug-likeness (QED) is 0.781. The topological polar surface area (TPSA) is 121 Å². The molecule has 2 aliphatic carbocycles. The Morgan fingerprint density at radius 3 is 2.48 bits per heavy atom. The Balaban J connectivity index is 1.75. The summed E-state index contributed by atoms with van der Waals surface area (Å²) in [5.74, 6) is -0.754. The Kier molecular flexibility index (Phi) is 4.52. The molecule has 0 unspecified atom stereocenters. The first-order valence-electron chi connectivity index (χ1n) is 7.91. The Morgan fingerprint density at radius 2 is 1.96 bits per heavy atom. The molecular weight excluding hydrogens is 318 g/mol. The standard InChI is InChI=1S/C15H21N3O4S/c16-12(19)10-11(23-9-4-1-2-5-9)13(18-22-10)21-8-15(14(17)20)6-3-7-15/h9H,1-8H2,(H2,16,19)(H2,17,20). The van der Waals surface area contributed by atoms with E-state index in [-0.39, 0.29) is 24.2 Å². The predicted molar refractivity (Wildman–Crippen MR) is 84.1 cm³/mol. The van der Waals surface area contributed by atoms with Gasteiger partial charge in [0.15, 0.2) is 0 Å². The van der Waals surface area contributed by atoms with E-state index in [1.165, 1.54) is 24.6 Å². The van der Waals surface area contributed by atoms with Gasteiger partial charge in [0, 0.05) is 5.25 Å². The SMILES string of the molecule is NC(=O)c1onc(OCC2(C(N)=O)CCC2)c1SC1CCCC1. The minimum Gasteiger partial charge on any atom is -0.474 e. The molecule has 23 heavy (non-hydrogen) atoms. The highest BCUT2D eigenvalue weighted by Gasteiger charge is 2.44. The molecule has 8 heteroatoms. The van der Waals surface area contributed by atoms with Crippen LogP contribution in [0.3, 0.4) is 0 Å². The highest BCUT2D eigenvalue weighted by atomic mass is 32.2. The van der Waals surface area contributed by atoms with Crippen molar-refractivity contribution in [3.05, 3.63) is 5.76 Å². The maximum Gasteiger partial charge on any atom is 0.288 e. The molecule has 0 saturated heterocycles. The number of nitrogens with two attached hydrogens (primary N) is 2. The molecule has 0 aromatic carbocycles. The summed E-state index contributed by atoms with van der Waals surface area (Å²) in [4.78, 5) is 23.7. The lowest BCUT2D eigenvalue weighted by atomic mass is 9.69. The average Bonchev–Trinajstić information content (AvgIpc) is 3.08. The van der Waals surface area contributed by atoms with Crippen LogP contribution in [0, 0.1) is 5.41 Å². The average molecular weight is 339 g/mol. The van der Waals surface area contributed by atoms with E-state index in [2.05, 4.69) is 5.16 Å². The summed E-state index contributed by atoms with van der Waals surface area (Å²) in [6.45, 7) is 0.158. The number of primary amides is 2. The second-order valence-corrected chi connectivity index (χ2v) is 7.63. The summed E-state index contributed by atoms with van der Waals surface area (Å²) in [7, 11) is 0. The lowest BCUT2D eigenvalue weighted by Crippen LogP contribution is -2.47. The molecule has 7 nitrogen and oxygen atoms in total. The van der Waals surface area contributed by atoms with Crippen molar-refractivity contribution in [2.45, 2.75) is 55.1 Å². The van der Waals surface area contributed by atoms with Gasteiger partial charge >= 0.3 is 0 Å². The maximum absolute atomic E-state index is 11.6. The summed E-state index contributed by atoms with van der Waals surface area (Å²) < 4.78 is 10.8. The van der Waals surface area contributed by atoms with Gasteiger partial charge in [0.25, 0.3) is 11.8 Å². The van der Waals surface area contributed by atoms with E-state index < -0.39 is 11.3 Å². The fourth-order valence-electron chi connectivity index (χ4n) is 3.06. The van der Waals surface area contributed by atoms with E-state index in [0.717, 1.165) is 19.3 Å². The summed E-state index contributed by atoms with van der Waals surface area (Å²) in [5, 5.41) is 4.24. The van der Waals surface area contributed by atoms with Gasteiger partial charge in [0.2, 0.25) is 11.7 Å². The number of nitrogens with zero attached hydrogens (tertiary/aromatic N) is 1. The molecule has 0 radical (unpaired) electrons. The number of carbonyl (C=O) groups is 2. The smallest absolute Gasteiger partial charge is 0.288 e. The van der Waals surface area contributed by atoms with Crippen LogP contribution in [-0.4, -0.2) is 28.8 Å². The Bertz CT molecular complexity index is 606. The molecule has 2 amide bonds. The largest absolute Gasteiger partial charge is 0.474 e. The summed E-state index contributed by atoms with van der Waals surface area (Å²) in [6, 6.07) is 0. The highest BCUT2D eigenvalue weighted by molar-refractivity contribution is 8.00. The first-order valence-corrected chi connectivity index (χ1v) is 8.79. The van der Waals surface area contributed by atoms with Crippen molar-refractivity contribution in [2.24, 2.45) is 16.9 Å². The summed E-state index contributed by atoms with van der Waals surface area (Å²) in [5.41, 5.74) is 10.2. The van der Waals surface area contributed by atoms with E-state index >= 15 is 0 Å². The highest BCUT2D eigenvalue weighted by Crippen LogP contribution is 2.44. The molecule has 2 saturated carbocycles. The maximum atomic E-state index is 11.6. The van der Waals surface area contributed by atoms with Crippen LogP contribution in [-0.2, 0) is 4.79 Å². The minimum absolute atomic E-state index is 0.0265. The van der Waals surface area contributed by atoms with E-state index in [0.29, 0.717) is 23.0 Å². The zero-order valence-electron chi connectivity index (χ0n) is 12.9. The van der Waals surface area contributed by atoms with Gasteiger partial charge < -0.3 is 20.7 Å². The van der Waals surface area contributed by atoms with Crippen LogP contribution in [0.4, 0.5) is 0 Å². The monoisotopic (exact) mass is 339 g/mol. The van der Waals surface area contributed by atoms with Crippen LogP contribution >= 0.6 is 11.8 Å². The lowest BCUT2D eigenvalue weighted by molar-refractivity contribution is -0.135. The molecule has 4 N–H and O–H groups in total. The molecule has 0 spiro atoms. The van der Waals surface area contributed by atoms with Gasteiger partial charge in [-0.3, -0.25) is 9.59 Å². The Hall–Kier alpha value is -1.70. The van der Waals surface area contributed by atoms with E-state index in [1.807, 2.05) is 0 Å². The van der Waals surface area contributed by atoms with Crippen LogP contribution in [0.2, 0.25) is 0 Å². The van der Waals surface area contributed by atoms with Crippen LogP contribution < -0.4 is 16.2 Å². The van der Waals surface area contributed by atoms with Crippen molar-refractivity contribution in [2.75, 3.05) is 6.61 Å². The second-order valence-electron chi connectivity index (χ2n) is 6.32. The third kappa shape index (κ3) is 3.17. The van der Waals surface area contributed by atoms with Gasteiger partial charge in [-0.25, -0.2) is 0 Å². The molecule has 1 aromatic heterocycles. The Morgan fingerprint density at radius 1 is 1.26 bits per heavy atom. The summed E-state index contributed by atoms with van der Waals surface area (Å²) >= 11 is 1.53. The van der Waals surface area contributed by atoms with E-state index in [9.17, 15) is 9.59 Å². The van der Waals surface area contributed by atoms with Gasteiger partial charge in [-0.15, -0.1) is 11.8 Å². The van der Waals surface area contributed by atoms with Crippen molar-refractivity contribution in [1.82, 2.24) is 5.16 Å². The minimum atomic E-state index is -0.666. The van der Waals surface area contributed by atoms with Crippen LogP contribution in [0.1, 0.15) is 55.5 Å². The molecule has 3 rings (SSSR count). The zero-order chi connectivity index (χ0) is 16.4. The van der Waals surface area contributed by atoms with Gasteiger partial charge in [0.05, 0.1) is 5.41 Å².